The molecule has 0 aliphatic carbocycles. The van der Waals surface area contributed by atoms with Gasteiger partial charge in [-0.3, -0.25) is 10.1 Å². The predicted octanol–water partition coefficient (Wildman–Crippen LogP) is 5.01. The van der Waals surface area contributed by atoms with Gasteiger partial charge in [-0.25, -0.2) is 0 Å². The number of nitrogens with zero attached hydrogens (tertiary/aromatic N) is 3. The monoisotopic (exact) mass is 427 g/mol. The maximum atomic E-state index is 11.3. The molecule has 6 nitrogen and oxygen atoms in total. The van der Waals surface area contributed by atoms with Gasteiger partial charge in [0.05, 0.1) is 9.95 Å². The van der Waals surface area contributed by atoms with Gasteiger partial charge >= 0.3 is 0 Å². The Hall–Kier alpha value is -2.90. The molecule has 8 heteroatoms. The first-order chi connectivity index (χ1) is 14.0. The molecule has 1 fully saturated rings. The van der Waals surface area contributed by atoms with Crippen molar-refractivity contribution in [3.63, 3.8) is 0 Å². The Morgan fingerprint density at radius 1 is 1.00 bits per heavy atom. The highest BCUT2D eigenvalue weighted by Gasteiger charge is 2.25. The van der Waals surface area contributed by atoms with Crippen molar-refractivity contribution in [3.8, 4) is 11.3 Å². The van der Waals surface area contributed by atoms with Crippen LogP contribution in [-0.4, -0.2) is 41.0 Å². The number of thiocarbonyl (C=S) groups is 1. The number of para-hydroxylation sites is 2. The molecule has 0 N–H and O–H groups in total. The fourth-order valence-corrected chi connectivity index (χ4v) is 3.97. The first-order valence-corrected chi connectivity index (χ1v) is 9.95. The van der Waals surface area contributed by atoms with Gasteiger partial charge in [0, 0.05) is 37.8 Å². The first-order valence-electron chi connectivity index (χ1n) is 9.17. The maximum Gasteiger partial charge on any atom is 0.292 e. The molecule has 0 spiro atoms. The van der Waals surface area contributed by atoms with Crippen LogP contribution in [0.15, 0.2) is 65.1 Å². The van der Waals surface area contributed by atoms with Gasteiger partial charge in [0.2, 0.25) is 0 Å². The quantitative estimate of drug-likeness (QED) is 0.331. The van der Waals surface area contributed by atoms with Crippen molar-refractivity contribution in [1.82, 2.24) is 4.90 Å². The fourth-order valence-electron chi connectivity index (χ4n) is 3.45. The van der Waals surface area contributed by atoms with Crippen LogP contribution < -0.4 is 4.90 Å². The van der Waals surface area contributed by atoms with Gasteiger partial charge in [-0.05, 0) is 30.3 Å². The molecule has 1 saturated heterocycles. The van der Waals surface area contributed by atoms with Crippen LogP contribution in [0.1, 0.15) is 5.76 Å². The van der Waals surface area contributed by atoms with Gasteiger partial charge in [-0.15, -0.1) is 0 Å². The molecule has 0 unspecified atom stereocenters. The third-order valence-electron chi connectivity index (χ3n) is 4.94. The van der Waals surface area contributed by atoms with E-state index in [4.69, 9.17) is 28.2 Å². The summed E-state index contributed by atoms with van der Waals surface area (Å²) in [5, 5.41) is 11.9. The third kappa shape index (κ3) is 3.97. The smallest absolute Gasteiger partial charge is 0.292 e. The molecule has 2 heterocycles. The SMILES string of the molecule is O=[N+]([O-])c1ccccc1N1CCN(C(=S)c2ccc(-c3ccccc3Cl)o2)CC1. The van der Waals surface area contributed by atoms with Gasteiger partial charge in [-0.2, -0.15) is 0 Å². The second-order valence-corrected chi connectivity index (χ2v) is 7.46. The number of nitro benzene ring substituents is 1. The second kappa shape index (κ2) is 8.23. The van der Waals surface area contributed by atoms with E-state index in [-0.39, 0.29) is 10.6 Å². The number of piperazine rings is 1. The van der Waals surface area contributed by atoms with Crippen molar-refractivity contribution in [3.05, 3.63) is 81.6 Å². The van der Waals surface area contributed by atoms with Crippen LogP contribution in [0.4, 0.5) is 11.4 Å². The third-order valence-corrected chi connectivity index (χ3v) is 5.73. The van der Waals surface area contributed by atoms with Crippen molar-refractivity contribution < 1.29 is 9.34 Å². The van der Waals surface area contributed by atoms with Gasteiger partial charge in [0.15, 0.2) is 5.76 Å². The molecule has 1 aliphatic heterocycles. The Morgan fingerprint density at radius 2 is 1.69 bits per heavy atom. The zero-order valence-corrected chi connectivity index (χ0v) is 17.0. The highest BCUT2D eigenvalue weighted by Crippen LogP contribution is 2.31. The molecule has 1 aromatic heterocycles. The number of benzene rings is 2. The van der Waals surface area contributed by atoms with E-state index in [1.807, 2.05) is 47.4 Å². The number of nitro groups is 1. The van der Waals surface area contributed by atoms with Gasteiger partial charge in [0.1, 0.15) is 16.4 Å². The summed E-state index contributed by atoms with van der Waals surface area (Å²) in [7, 11) is 0. The van der Waals surface area contributed by atoms with E-state index in [0.717, 1.165) is 5.56 Å². The highest BCUT2D eigenvalue weighted by molar-refractivity contribution is 7.80. The molecule has 0 saturated carbocycles. The van der Waals surface area contributed by atoms with Crippen molar-refractivity contribution in [1.29, 1.82) is 0 Å². The summed E-state index contributed by atoms with van der Waals surface area (Å²) < 4.78 is 5.96. The Kier molecular flexibility index (Phi) is 5.51. The van der Waals surface area contributed by atoms with Crippen LogP contribution in [-0.2, 0) is 0 Å². The fraction of sp³-hybridized carbons (Fsp3) is 0.190. The molecule has 2 aromatic carbocycles. The number of halogens is 1. The summed E-state index contributed by atoms with van der Waals surface area (Å²) in [5.74, 6) is 1.29. The molecule has 148 valence electrons. The zero-order valence-electron chi connectivity index (χ0n) is 15.5. The summed E-state index contributed by atoms with van der Waals surface area (Å²) in [6.07, 6.45) is 0. The van der Waals surface area contributed by atoms with Crippen LogP contribution in [0.3, 0.4) is 0 Å². The Morgan fingerprint density at radius 3 is 2.41 bits per heavy atom. The van der Waals surface area contributed by atoms with E-state index in [1.165, 1.54) is 6.07 Å². The van der Waals surface area contributed by atoms with E-state index in [1.54, 1.807) is 12.1 Å². The van der Waals surface area contributed by atoms with Gasteiger partial charge in [0.25, 0.3) is 5.69 Å². The van der Waals surface area contributed by atoms with Crippen molar-refractivity contribution >= 4 is 40.2 Å². The van der Waals surface area contributed by atoms with Crippen LogP contribution in [0.2, 0.25) is 5.02 Å². The number of furan rings is 1. The average molecular weight is 428 g/mol. The number of rotatable bonds is 4. The molecule has 1 aliphatic rings. The lowest BCUT2D eigenvalue weighted by atomic mass is 10.2. The largest absolute Gasteiger partial charge is 0.454 e. The highest BCUT2D eigenvalue weighted by atomic mass is 35.5. The molecule has 4 rings (SSSR count). The Labute approximate surface area is 178 Å². The molecule has 0 bridgehead atoms. The summed E-state index contributed by atoms with van der Waals surface area (Å²) >= 11 is 11.9. The van der Waals surface area contributed by atoms with Gasteiger partial charge in [-0.1, -0.05) is 48.1 Å². The molecule has 0 atom stereocenters. The average Bonchev–Trinajstić information content (AvgIpc) is 3.23. The second-order valence-electron chi connectivity index (χ2n) is 6.67. The van der Waals surface area contributed by atoms with Crippen molar-refractivity contribution in [2.24, 2.45) is 0 Å². The van der Waals surface area contributed by atoms with Crippen LogP contribution >= 0.6 is 23.8 Å². The molecule has 3 aromatic rings. The van der Waals surface area contributed by atoms with Crippen LogP contribution in [0.5, 0.6) is 0 Å². The summed E-state index contributed by atoms with van der Waals surface area (Å²) in [6.45, 7) is 2.60. The summed E-state index contributed by atoms with van der Waals surface area (Å²) in [4.78, 5) is 15.7. The van der Waals surface area contributed by atoms with E-state index < -0.39 is 0 Å². The number of hydrogen-bond donors (Lipinski definition) is 0. The molecule has 29 heavy (non-hydrogen) atoms. The zero-order chi connectivity index (χ0) is 20.4. The van der Waals surface area contributed by atoms with E-state index >= 15 is 0 Å². The number of hydrogen-bond acceptors (Lipinski definition) is 5. The van der Waals surface area contributed by atoms with E-state index in [2.05, 4.69) is 4.90 Å². The molecule has 0 radical (unpaired) electrons. The summed E-state index contributed by atoms with van der Waals surface area (Å²) in [5.41, 5.74) is 1.59. The van der Waals surface area contributed by atoms with E-state index in [9.17, 15) is 10.1 Å². The lowest BCUT2D eigenvalue weighted by molar-refractivity contribution is -0.384. The normalized spacial score (nSPS) is 14.1. The van der Waals surface area contributed by atoms with E-state index in [0.29, 0.717) is 53.4 Å². The minimum Gasteiger partial charge on any atom is -0.454 e. The Balaban J connectivity index is 1.45. The minimum absolute atomic E-state index is 0.124. The predicted molar refractivity (Wildman–Crippen MR) is 118 cm³/mol. The topological polar surface area (TPSA) is 62.8 Å². The number of anilines is 1. The molecular weight excluding hydrogens is 410 g/mol. The lowest BCUT2D eigenvalue weighted by Gasteiger charge is -2.36. The van der Waals surface area contributed by atoms with Crippen molar-refractivity contribution in [2.45, 2.75) is 0 Å². The Bertz CT molecular complexity index is 1060. The molecular formula is C21H18ClN3O3S. The lowest BCUT2D eigenvalue weighted by Crippen LogP contribution is -2.48. The van der Waals surface area contributed by atoms with Crippen molar-refractivity contribution in [2.75, 3.05) is 31.1 Å². The standard InChI is InChI=1S/C21H18ClN3O3S/c22-16-6-2-1-5-15(16)19-9-10-20(28-19)21(29)24-13-11-23(12-14-24)17-7-3-4-8-18(17)25(26)27/h1-10H,11-14H2. The van der Waals surface area contributed by atoms with Crippen LogP contribution in [0, 0.1) is 10.1 Å². The minimum atomic E-state index is -0.342. The first kappa shape index (κ1) is 19.4. The maximum absolute atomic E-state index is 11.3. The van der Waals surface area contributed by atoms with Crippen LogP contribution in [0.25, 0.3) is 11.3 Å². The molecule has 0 amide bonds. The van der Waals surface area contributed by atoms with Gasteiger partial charge < -0.3 is 14.2 Å². The summed E-state index contributed by atoms with van der Waals surface area (Å²) in [6, 6.07) is 18.0.